The van der Waals surface area contributed by atoms with Gasteiger partial charge in [0.25, 0.3) is 0 Å². The van der Waals surface area contributed by atoms with Crippen molar-refractivity contribution in [3.05, 3.63) is 29.7 Å². The van der Waals surface area contributed by atoms with E-state index < -0.39 is 0 Å². The van der Waals surface area contributed by atoms with E-state index in [0.717, 1.165) is 5.65 Å². The summed E-state index contributed by atoms with van der Waals surface area (Å²) in [5, 5.41) is 16.9. The zero-order valence-electron chi connectivity index (χ0n) is 10.1. The van der Waals surface area contributed by atoms with Crippen molar-refractivity contribution in [2.75, 3.05) is 0 Å². The Hall–Kier alpha value is -1.93. The highest BCUT2D eigenvalue weighted by Crippen LogP contribution is 2.12. The molecule has 0 aliphatic rings. The molecule has 5 heteroatoms. The van der Waals surface area contributed by atoms with E-state index in [4.69, 9.17) is 10.00 Å². The van der Waals surface area contributed by atoms with Crippen molar-refractivity contribution in [1.82, 2.24) is 14.6 Å². The molecule has 0 spiro atoms. The van der Waals surface area contributed by atoms with Crippen LogP contribution in [0.3, 0.4) is 0 Å². The van der Waals surface area contributed by atoms with Gasteiger partial charge in [-0.05, 0) is 32.9 Å². The van der Waals surface area contributed by atoms with E-state index in [2.05, 4.69) is 16.3 Å². The minimum Gasteiger partial charge on any atom is -0.368 e. The molecule has 0 aromatic carbocycles. The molecule has 0 aliphatic carbocycles. The average Bonchev–Trinajstić information content (AvgIpc) is 2.67. The smallest absolute Gasteiger partial charge is 0.163 e. The van der Waals surface area contributed by atoms with E-state index >= 15 is 0 Å². The molecule has 0 amide bonds. The molecule has 2 heterocycles. The van der Waals surface area contributed by atoms with Crippen LogP contribution in [-0.2, 0) is 11.3 Å². The van der Waals surface area contributed by atoms with Gasteiger partial charge in [0.1, 0.15) is 12.7 Å². The van der Waals surface area contributed by atoms with Gasteiger partial charge in [-0.25, -0.2) is 0 Å². The van der Waals surface area contributed by atoms with Gasteiger partial charge < -0.3 is 4.74 Å². The Morgan fingerprint density at radius 1 is 1.35 bits per heavy atom. The van der Waals surface area contributed by atoms with Gasteiger partial charge in [0.05, 0.1) is 11.2 Å². The standard InChI is InChI=1S/C12H14N4O/c1-12(2,3)17-8-11-15-14-10-5-4-9(6-13)7-16(10)11/h4-5,7H,8H2,1-3H3. The zero-order chi connectivity index (χ0) is 12.5. The second-order valence-corrected chi connectivity index (χ2v) is 4.78. The maximum Gasteiger partial charge on any atom is 0.163 e. The Kier molecular flexibility index (Phi) is 2.82. The molecule has 0 aliphatic heterocycles. The first-order chi connectivity index (χ1) is 7.99. The number of hydrogen-bond donors (Lipinski definition) is 0. The molecule has 88 valence electrons. The maximum atomic E-state index is 8.85. The SMILES string of the molecule is CC(C)(C)OCc1nnc2ccc(C#N)cn12. The molecule has 0 N–H and O–H groups in total. The molecule has 2 aromatic rings. The Bertz CT molecular complexity index is 574. The van der Waals surface area contributed by atoms with E-state index in [1.54, 1.807) is 22.7 Å². The number of hydrogen-bond acceptors (Lipinski definition) is 4. The molecule has 0 saturated heterocycles. The van der Waals surface area contributed by atoms with Gasteiger partial charge in [0.15, 0.2) is 11.5 Å². The Balaban J connectivity index is 2.32. The van der Waals surface area contributed by atoms with E-state index in [1.807, 2.05) is 20.8 Å². The molecular formula is C12H14N4O. The van der Waals surface area contributed by atoms with Gasteiger partial charge in [0, 0.05) is 6.20 Å². The van der Waals surface area contributed by atoms with Crippen LogP contribution in [0.2, 0.25) is 0 Å². The van der Waals surface area contributed by atoms with Crippen molar-refractivity contribution >= 4 is 5.65 Å². The van der Waals surface area contributed by atoms with Crippen LogP contribution in [0.1, 0.15) is 32.2 Å². The monoisotopic (exact) mass is 230 g/mol. The van der Waals surface area contributed by atoms with Crippen LogP contribution in [0, 0.1) is 11.3 Å². The van der Waals surface area contributed by atoms with Crippen molar-refractivity contribution in [2.24, 2.45) is 0 Å². The summed E-state index contributed by atoms with van der Waals surface area (Å²) in [6.45, 7) is 6.32. The number of aromatic nitrogens is 3. The Morgan fingerprint density at radius 3 is 2.76 bits per heavy atom. The third kappa shape index (κ3) is 2.60. The Morgan fingerprint density at radius 2 is 2.12 bits per heavy atom. The number of ether oxygens (including phenoxy) is 1. The topological polar surface area (TPSA) is 63.2 Å². The number of pyridine rings is 1. The minimum absolute atomic E-state index is 0.224. The van der Waals surface area contributed by atoms with Crippen LogP contribution < -0.4 is 0 Å². The normalized spacial score (nSPS) is 11.6. The summed E-state index contributed by atoms with van der Waals surface area (Å²) >= 11 is 0. The molecule has 0 radical (unpaired) electrons. The predicted molar refractivity (Wildman–Crippen MR) is 62.2 cm³/mol. The molecular weight excluding hydrogens is 216 g/mol. The highest BCUT2D eigenvalue weighted by atomic mass is 16.5. The third-order valence-electron chi connectivity index (χ3n) is 2.24. The van der Waals surface area contributed by atoms with Gasteiger partial charge >= 0.3 is 0 Å². The summed E-state index contributed by atoms with van der Waals surface area (Å²) < 4.78 is 7.43. The quantitative estimate of drug-likeness (QED) is 0.790. The van der Waals surface area contributed by atoms with Crippen LogP contribution in [0.5, 0.6) is 0 Å². The lowest BCUT2D eigenvalue weighted by Gasteiger charge is -2.18. The van der Waals surface area contributed by atoms with Crippen LogP contribution >= 0.6 is 0 Å². The van der Waals surface area contributed by atoms with Gasteiger partial charge in [-0.1, -0.05) is 0 Å². The van der Waals surface area contributed by atoms with Crippen molar-refractivity contribution in [3.63, 3.8) is 0 Å². The molecule has 0 atom stereocenters. The lowest BCUT2D eigenvalue weighted by molar-refractivity contribution is -0.0184. The van der Waals surface area contributed by atoms with E-state index in [9.17, 15) is 0 Å². The average molecular weight is 230 g/mol. The first kappa shape index (κ1) is 11.6. The number of nitriles is 1. The molecule has 0 saturated carbocycles. The molecule has 0 bridgehead atoms. The lowest BCUT2D eigenvalue weighted by atomic mass is 10.2. The predicted octanol–water partition coefficient (Wildman–Crippen LogP) is 1.92. The lowest BCUT2D eigenvalue weighted by Crippen LogP contribution is -2.19. The molecule has 0 unspecified atom stereocenters. The van der Waals surface area contributed by atoms with Crippen LogP contribution in [-0.4, -0.2) is 20.2 Å². The molecule has 5 nitrogen and oxygen atoms in total. The Labute approximate surface area is 99.7 Å². The van der Waals surface area contributed by atoms with Crippen molar-refractivity contribution in [3.8, 4) is 6.07 Å². The van der Waals surface area contributed by atoms with Gasteiger partial charge in [0.2, 0.25) is 0 Å². The molecule has 17 heavy (non-hydrogen) atoms. The van der Waals surface area contributed by atoms with Gasteiger partial charge in [-0.3, -0.25) is 4.40 Å². The second kappa shape index (κ2) is 4.15. The number of nitrogens with zero attached hydrogens (tertiary/aromatic N) is 4. The van der Waals surface area contributed by atoms with Crippen LogP contribution in [0.4, 0.5) is 0 Å². The fourth-order valence-electron chi connectivity index (χ4n) is 1.38. The highest BCUT2D eigenvalue weighted by molar-refractivity contribution is 5.42. The van der Waals surface area contributed by atoms with Crippen LogP contribution in [0.15, 0.2) is 18.3 Å². The van der Waals surface area contributed by atoms with Crippen LogP contribution in [0.25, 0.3) is 5.65 Å². The summed E-state index contributed by atoms with van der Waals surface area (Å²) in [7, 11) is 0. The minimum atomic E-state index is -0.224. The maximum absolute atomic E-state index is 8.85. The van der Waals surface area contributed by atoms with Gasteiger partial charge in [-0.2, -0.15) is 5.26 Å². The first-order valence-corrected chi connectivity index (χ1v) is 5.37. The van der Waals surface area contributed by atoms with Gasteiger partial charge in [-0.15, -0.1) is 10.2 Å². The fourth-order valence-corrected chi connectivity index (χ4v) is 1.38. The summed E-state index contributed by atoms with van der Waals surface area (Å²) in [6.07, 6.45) is 1.72. The largest absolute Gasteiger partial charge is 0.368 e. The van der Waals surface area contributed by atoms with E-state index in [0.29, 0.717) is 18.0 Å². The number of fused-ring (bicyclic) bond motifs is 1. The van der Waals surface area contributed by atoms with E-state index in [1.165, 1.54) is 0 Å². The van der Waals surface area contributed by atoms with Crippen molar-refractivity contribution in [1.29, 1.82) is 5.26 Å². The van der Waals surface area contributed by atoms with E-state index in [-0.39, 0.29) is 5.60 Å². The molecule has 2 aromatic heterocycles. The summed E-state index contributed by atoms with van der Waals surface area (Å²) in [6, 6.07) is 5.58. The first-order valence-electron chi connectivity index (χ1n) is 5.37. The summed E-state index contributed by atoms with van der Waals surface area (Å²) in [5.74, 6) is 0.701. The van der Waals surface area contributed by atoms with Crippen molar-refractivity contribution in [2.45, 2.75) is 33.0 Å². The molecule has 0 fully saturated rings. The summed E-state index contributed by atoms with van der Waals surface area (Å²) in [5.41, 5.74) is 1.07. The zero-order valence-corrected chi connectivity index (χ0v) is 10.1. The number of rotatable bonds is 2. The van der Waals surface area contributed by atoms with Crippen molar-refractivity contribution < 1.29 is 4.74 Å². The molecule has 2 rings (SSSR count). The summed E-state index contributed by atoms with van der Waals surface area (Å²) in [4.78, 5) is 0. The third-order valence-corrected chi connectivity index (χ3v) is 2.24. The second-order valence-electron chi connectivity index (χ2n) is 4.78. The highest BCUT2D eigenvalue weighted by Gasteiger charge is 2.13. The fraction of sp³-hybridized carbons (Fsp3) is 0.417.